The number of aromatic carboxylic acids is 1. The fourth-order valence-corrected chi connectivity index (χ4v) is 2.08. The first-order valence-corrected chi connectivity index (χ1v) is 6.63. The lowest BCUT2D eigenvalue weighted by atomic mass is 10.2. The first kappa shape index (κ1) is 14.5. The largest absolute Gasteiger partial charge is 0.478 e. The molecule has 0 radical (unpaired) electrons. The number of rotatable bonds is 5. The summed E-state index contributed by atoms with van der Waals surface area (Å²) >= 11 is 3.21. The van der Waals surface area contributed by atoms with Crippen molar-refractivity contribution >= 4 is 33.4 Å². The monoisotopic (exact) mass is 336 g/mol. The molecule has 0 amide bonds. The molecule has 1 aromatic carbocycles. The van der Waals surface area contributed by atoms with Gasteiger partial charge in [0, 0.05) is 23.5 Å². The Balaban J connectivity index is 2.30. The third-order valence-electron chi connectivity index (χ3n) is 2.59. The van der Waals surface area contributed by atoms with E-state index in [1.165, 1.54) is 6.07 Å². The Morgan fingerprint density at radius 2 is 2.25 bits per heavy atom. The highest BCUT2D eigenvalue weighted by Crippen LogP contribution is 2.22. The number of carboxylic acid groups (broad SMARTS) is 1. The number of benzene rings is 1. The van der Waals surface area contributed by atoms with Crippen molar-refractivity contribution in [1.29, 1.82) is 0 Å². The Labute approximate surface area is 124 Å². The maximum atomic E-state index is 11.2. The van der Waals surface area contributed by atoms with Crippen molar-refractivity contribution < 1.29 is 14.6 Å². The number of nitrogens with zero attached hydrogens (tertiary/aromatic N) is 1. The van der Waals surface area contributed by atoms with Gasteiger partial charge in [0.1, 0.15) is 11.4 Å². The van der Waals surface area contributed by atoms with Crippen molar-refractivity contribution in [1.82, 2.24) is 4.98 Å². The second kappa shape index (κ2) is 6.49. The van der Waals surface area contributed by atoms with Crippen LogP contribution in [0, 0.1) is 0 Å². The molecule has 5 nitrogen and oxygen atoms in total. The molecule has 0 atom stereocenters. The van der Waals surface area contributed by atoms with Gasteiger partial charge in [-0.1, -0.05) is 12.1 Å². The molecule has 6 heteroatoms. The van der Waals surface area contributed by atoms with Crippen molar-refractivity contribution in [3.05, 3.63) is 52.1 Å². The van der Waals surface area contributed by atoms with Gasteiger partial charge in [0.25, 0.3) is 0 Å². The number of ether oxygens (including phenoxy) is 1. The Bertz CT molecular complexity index is 632. The SMILES string of the molecule is COCc1cccc(Nc2ncc(Br)cc2C(=O)O)c1. The van der Waals surface area contributed by atoms with Gasteiger partial charge < -0.3 is 15.2 Å². The van der Waals surface area contributed by atoms with Gasteiger partial charge in [0.2, 0.25) is 0 Å². The normalized spacial score (nSPS) is 10.3. The average Bonchev–Trinajstić information content (AvgIpc) is 2.41. The highest BCUT2D eigenvalue weighted by atomic mass is 79.9. The molecule has 104 valence electrons. The summed E-state index contributed by atoms with van der Waals surface area (Å²) in [5.41, 5.74) is 1.86. The molecule has 1 heterocycles. The summed E-state index contributed by atoms with van der Waals surface area (Å²) in [7, 11) is 1.62. The maximum Gasteiger partial charge on any atom is 0.339 e. The Morgan fingerprint density at radius 3 is 2.95 bits per heavy atom. The van der Waals surface area contributed by atoms with E-state index < -0.39 is 5.97 Å². The summed E-state index contributed by atoms with van der Waals surface area (Å²) in [5, 5.41) is 12.2. The number of halogens is 1. The third-order valence-corrected chi connectivity index (χ3v) is 3.02. The Morgan fingerprint density at radius 1 is 1.45 bits per heavy atom. The van der Waals surface area contributed by atoms with E-state index in [9.17, 15) is 9.90 Å². The molecule has 0 aliphatic rings. The van der Waals surface area contributed by atoms with Gasteiger partial charge in [0.15, 0.2) is 0 Å². The van der Waals surface area contributed by atoms with Crippen LogP contribution in [0.3, 0.4) is 0 Å². The topological polar surface area (TPSA) is 71.5 Å². The minimum Gasteiger partial charge on any atom is -0.478 e. The fraction of sp³-hybridized carbons (Fsp3) is 0.143. The summed E-state index contributed by atoms with van der Waals surface area (Å²) in [6.45, 7) is 0.495. The highest BCUT2D eigenvalue weighted by molar-refractivity contribution is 9.10. The Hall–Kier alpha value is -1.92. The second-order valence-corrected chi connectivity index (χ2v) is 5.03. The van der Waals surface area contributed by atoms with Gasteiger partial charge in [0.05, 0.1) is 6.61 Å². The summed E-state index contributed by atoms with van der Waals surface area (Å²) < 4.78 is 5.69. The van der Waals surface area contributed by atoms with Gasteiger partial charge in [-0.3, -0.25) is 0 Å². The molecular formula is C14H13BrN2O3. The van der Waals surface area contributed by atoms with Gasteiger partial charge >= 0.3 is 5.97 Å². The molecule has 0 saturated heterocycles. The number of hydrogen-bond donors (Lipinski definition) is 2. The summed E-state index contributed by atoms with van der Waals surface area (Å²) in [6, 6.07) is 9.04. The van der Waals surface area contributed by atoms with Crippen LogP contribution in [-0.2, 0) is 11.3 Å². The van der Waals surface area contributed by atoms with Crippen LogP contribution < -0.4 is 5.32 Å². The zero-order valence-electron chi connectivity index (χ0n) is 10.8. The first-order valence-electron chi connectivity index (χ1n) is 5.84. The van der Waals surface area contributed by atoms with Crippen molar-refractivity contribution in [2.45, 2.75) is 6.61 Å². The first-order chi connectivity index (χ1) is 9.60. The second-order valence-electron chi connectivity index (χ2n) is 4.11. The van der Waals surface area contributed by atoms with Crippen LogP contribution in [0.1, 0.15) is 15.9 Å². The summed E-state index contributed by atoms with van der Waals surface area (Å²) in [5.74, 6) is -0.732. The smallest absolute Gasteiger partial charge is 0.339 e. The number of aromatic nitrogens is 1. The van der Waals surface area contributed by atoms with Crippen molar-refractivity contribution in [3.8, 4) is 0 Å². The highest BCUT2D eigenvalue weighted by Gasteiger charge is 2.12. The molecule has 2 rings (SSSR count). The van der Waals surface area contributed by atoms with Crippen LogP contribution in [0.15, 0.2) is 41.0 Å². The molecular weight excluding hydrogens is 324 g/mol. The molecule has 0 aliphatic heterocycles. The predicted octanol–water partition coefficient (Wildman–Crippen LogP) is 3.43. The van der Waals surface area contributed by atoms with E-state index >= 15 is 0 Å². The van der Waals surface area contributed by atoms with Crippen LogP contribution >= 0.6 is 15.9 Å². The van der Waals surface area contributed by atoms with Crippen molar-refractivity contribution in [2.75, 3.05) is 12.4 Å². The quantitative estimate of drug-likeness (QED) is 0.875. The number of methoxy groups -OCH3 is 1. The van der Waals surface area contributed by atoms with E-state index in [-0.39, 0.29) is 5.56 Å². The van der Waals surface area contributed by atoms with Crippen LogP contribution in [0.4, 0.5) is 11.5 Å². The molecule has 2 aromatic rings. The number of carboxylic acids is 1. The van der Waals surface area contributed by atoms with E-state index in [0.717, 1.165) is 11.3 Å². The van der Waals surface area contributed by atoms with Crippen LogP contribution in [-0.4, -0.2) is 23.2 Å². The zero-order chi connectivity index (χ0) is 14.5. The number of nitrogens with one attached hydrogen (secondary N) is 1. The Kier molecular flexibility index (Phi) is 4.70. The van der Waals surface area contributed by atoms with Crippen LogP contribution in [0.2, 0.25) is 0 Å². The minimum absolute atomic E-state index is 0.108. The van der Waals surface area contributed by atoms with Gasteiger partial charge in [-0.2, -0.15) is 0 Å². The van der Waals surface area contributed by atoms with Crippen LogP contribution in [0.25, 0.3) is 0 Å². The molecule has 0 aliphatic carbocycles. The molecule has 0 fully saturated rings. The number of hydrogen-bond acceptors (Lipinski definition) is 4. The molecule has 0 unspecified atom stereocenters. The van der Waals surface area contributed by atoms with E-state index in [0.29, 0.717) is 16.9 Å². The third kappa shape index (κ3) is 3.55. The number of pyridine rings is 1. The fourth-order valence-electron chi connectivity index (χ4n) is 1.74. The lowest BCUT2D eigenvalue weighted by Crippen LogP contribution is -2.05. The van der Waals surface area contributed by atoms with Crippen molar-refractivity contribution in [2.24, 2.45) is 0 Å². The number of carbonyl (C=O) groups is 1. The summed E-state index contributed by atoms with van der Waals surface area (Å²) in [4.78, 5) is 15.3. The predicted molar refractivity (Wildman–Crippen MR) is 79.3 cm³/mol. The molecule has 20 heavy (non-hydrogen) atoms. The molecule has 1 aromatic heterocycles. The minimum atomic E-state index is -1.03. The lowest BCUT2D eigenvalue weighted by Gasteiger charge is -2.10. The van der Waals surface area contributed by atoms with Crippen LogP contribution in [0.5, 0.6) is 0 Å². The standard InChI is InChI=1S/C14H13BrN2O3/c1-20-8-9-3-2-4-11(5-9)17-13-12(14(18)19)6-10(15)7-16-13/h2-7H,8H2,1H3,(H,16,17)(H,18,19). The molecule has 0 bridgehead atoms. The summed E-state index contributed by atoms with van der Waals surface area (Å²) in [6.07, 6.45) is 1.55. The van der Waals surface area contributed by atoms with Gasteiger partial charge in [-0.05, 0) is 39.7 Å². The van der Waals surface area contributed by atoms with Gasteiger partial charge in [-0.15, -0.1) is 0 Å². The molecule has 0 spiro atoms. The van der Waals surface area contributed by atoms with E-state index in [2.05, 4.69) is 26.2 Å². The molecule has 2 N–H and O–H groups in total. The maximum absolute atomic E-state index is 11.2. The average molecular weight is 337 g/mol. The van der Waals surface area contributed by atoms with Gasteiger partial charge in [-0.25, -0.2) is 9.78 Å². The lowest BCUT2D eigenvalue weighted by molar-refractivity contribution is 0.0697. The van der Waals surface area contributed by atoms with E-state index in [1.807, 2.05) is 24.3 Å². The van der Waals surface area contributed by atoms with Crippen molar-refractivity contribution in [3.63, 3.8) is 0 Å². The zero-order valence-corrected chi connectivity index (χ0v) is 12.3. The van der Waals surface area contributed by atoms with E-state index in [1.54, 1.807) is 13.3 Å². The van der Waals surface area contributed by atoms with E-state index in [4.69, 9.17) is 4.74 Å². The molecule has 0 saturated carbocycles. The number of anilines is 2.